The smallest absolute Gasteiger partial charge is 0.106 e. The van der Waals surface area contributed by atoms with Gasteiger partial charge in [-0.1, -0.05) is 57.6 Å². The molecule has 0 saturated heterocycles. The first-order valence-corrected chi connectivity index (χ1v) is 9.86. The summed E-state index contributed by atoms with van der Waals surface area (Å²) in [5.41, 5.74) is 0. The number of hydrogen-bond acceptors (Lipinski definition) is 3. The van der Waals surface area contributed by atoms with Crippen LogP contribution in [0.15, 0.2) is 17.1 Å². The maximum Gasteiger partial charge on any atom is 0.106 e. The van der Waals surface area contributed by atoms with E-state index in [0.29, 0.717) is 0 Å². The number of unbranched alkanes of at least 4 members (excludes halogenated alkanes) is 9. The van der Waals surface area contributed by atoms with Gasteiger partial charge in [0.15, 0.2) is 0 Å². The number of aliphatic imine (C=N–C) groups is 1. The molecule has 1 N–H and O–H groups in total. The second-order valence-corrected chi connectivity index (χ2v) is 6.81. The number of aliphatic hydroxyl groups is 1. The number of nitrogens with zero attached hydrogens (tertiary/aromatic N) is 2. The molecule has 3 heteroatoms. The summed E-state index contributed by atoms with van der Waals surface area (Å²) >= 11 is 0. The van der Waals surface area contributed by atoms with E-state index >= 15 is 0 Å². The molecule has 0 spiro atoms. The molecule has 1 aliphatic heterocycles. The molecule has 1 heterocycles. The van der Waals surface area contributed by atoms with Crippen molar-refractivity contribution in [3.63, 3.8) is 0 Å². The predicted octanol–water partition coefficient (Wildman–Crippen LogP) is 5.29. The molecule has 0 aromatic heterocycles. The van der Waals surface area contributed by atoms with E-state index in [2.05, 4.69) is 29.0 Å². The molecule has 0 radical (unpaired) electrons. The van der Waals surface area contributed by atoms with E-state index in [1.807, 2.05) is 13.1 Å². The van der Waals surface area contributed by atoms with Crippen molar-refractivity contribution >= 4 is 6.21 Å². The van der Waals surface area contributed by atoms with Crippen LogP contribution in [-0.2, 0) is 0 Å². The third kappa shape index (κ3) is 9.93. The van der Waals surface area contributed by atoms with Crippen molar-refractivity contribution in [2.75, 3.05) is 6.54 Å². The van der Waals surface area contributed by atoms with Crippen molar-refractivity contribution in [1.29, 1.82) is 0 Å². The van der Waals surface area contributed by atoms with Gasteiger partial charge in [-0.2, -0.15) is 0 Å². The molecule has 0 aliphatic carbocycles. The predicted molar refractivity (Wildman–Crippen MR) is 101 cm³/mol. The van der Waals surface area contributed by atoms with Gasteiger partial charge in [0.25, 0.3) is 0 Å². The van der Waals surface area contributed by atoms with Gasteiger partial charge in [-0.15, -0.1) is 0 Å². The quantitative estimate of drug-likeness (QED) is 0.348. The van der Waals surface area contributed by atoms with E-state index in [9.17, 15) is 5.11 Å². The molecule has 0 aromatic rings. The zero-order valence-corrected chi connectivity index (χ0v) is 15.4. The van der Waals surface area contributed by atoms with Gasteiger partial charge >= 0.3 is 0 Å². The van der Waals surface area contributed by atoms with Crippen LogP contribution in [0, 0.1) is 0 Å². The topological polar surface area (TPSA) is 35.8 Å². The minimum atomic E-state index is -0.378. The van der Waals surface area contributed by atoms with E-state index in [0.717, 1.165) is 13.0 Å². The summed E-state index contributed by atoms with van der Waals surface area (Å²) in [6.45, 7) is 4.89. The summed E-state index contributed by atoms with van der Waals surface area (Å²) in [6.07, 6.45) is 22.1. The Morgan fingerprint density at radius 3 is 2.30 bits per heavy atom. The molecule has 1 rings (SSSR count). The first-order valence-electron chi connectivity index (χ1n) is 9.86. The van der Waals surface area contributed by atoms with Crippen LogP contribution in [-0.4, -0.2) is 35.2 Å². The van der Waals surface area contributed by atoms with Gasteiger partial charge in [0.2, 0.25) is 0 Å². The minimum Gasteiger partial charge on any atom is -0.379 e. The number of rotatable bonds is 14. The van der Waals surface area contributed by atoms with Crippen molar-refractivity contribution in [2.45, 2.75) is 103 Å². The van der Waals surface area contributed by atoms with Crippen molar-refractivity contribution in [3.05, 3.63) is 12.2 Å². The lowest BCUT2D eigenvalue weighted by Gasteiger charge is -2.25. The minimum absolute atomic E-state index is 0.214. The fourth-order valence-corrected chi connectivity index (χ4v) is 3.16. The van der Waals surface area contributed by atoms with Crippen LogP contribution in [0.25, 0.3) is 0 Å². The average molecular weight is 323 g/mol. The largest absolute Gasteiger partial charge is 0.379 e. The number of aliphatic hydroxyl groups excluding tert-OH is 1. The highest BCUT2D eigenvalue weighted by atomic mass is 16.3. The fourth-order valence-electron chi connectivity index (χ4n) is 3.16. The first-order chi connectivity index (χ1) is 11.3. The fraction of sp³-hybridized carbons (Fsp3) is 0.850. The summed E-state index contributed by atoms with van der Waals surface area (Å²) in [4.78, 5) is 6.53. The lowest BCUT2D eigenvalue weighted by atomic mass is 10.1. The molecular weight excluding hydrogens is 284 g/mol. The zero-order valence-electron chi connectivity index (χ0n) is 15.4. The third-order valence-corrected chi connectivity index (χ3v) is 4.66. The lowest BCUT2D eigenvalue weighted by molar-refractivity contribution is 0.00710. The van der Waals surface area contributed by atoms with E-state index in [1.165, 1.54) is 70.6 Å². The van der Waals surface area contributed by atoms with Gasteiger partial charge in [-0.25, -0.2) is 0 Å². The normalized spacial score (nSPS) is 19.9. The van der Waals surface area contributed by atoms with Crippen LogP contribution >= 0.6 is 0 Å². The second-order valence-electron chi connectivity index (χ2n) is 6.81. The average Bonchev–Trinajstić information content (AvgIpc) is 3.00. The van der Waals surface area contributed by atoms with Crippen molar-refractivity contribution in [1.82, 2.24) is 4.90 Å². The Hall–Kier alpha value is -0.670. The van der Waals surface area contributed by atoms with E-state index in [1.54, 1.807) is 0 Å². The molecule has 0 bridgehead atoms. The maximum atomic E-state index is 9.67. The highest BCUT2D eigenvalue weighted by molar-refractivity contribution is 5.62. The molecule has 1 aliphatic rings. The van der Waals surface area contributed by atoms with Gasteiger partial charge < -0.3 is 5.11 Å². The molecule has 23 heavy (non-hydrogen) atoms. The molecule has 0 saturated carbocycles. The molecule has 2 unspecified atom stereocenters. The SMILES string of the molecule is CCCCCC/C=C/CCCCCCCC1N=CCN1C(C)O. The van der Waals surface area contributed by atoms with Crippen LogP contribution in [0.1, 0.15) is 90.9 Å². The summed E-state index contributed by atoms with van der Waals surface area (Å²) < 4.78 is 0. The molecule has 0 aromatic carbocycles. The lowest BCUT2D eigenvalue weighted by Crippen LogP contribution is -2.37. The van der Waals surface area contributed by atoms with Crippen LogP contribution in [0.4, 0.5) is 0 Å². The monoisotopic (exact) mass is 322 g/mol. The first kappa shape index (κ1) is 20.4. The van der Waals surface area contributed by atoms with Crippen molar-refractivity contribution in [2.24, 2.45) is 4.99 Å². The Balaban J connectivity index is 1.86. The molecule has 3 nitrogen and oxygen atoms in total. The molecule has 134 valence electrons. The highest BCUT2D eigenvalue weighted by Crippen LogP contribution is 2.17. The van der Waals surface area contributed by atoms with Crippen molar-refractivity contribution in [3.8, 4) is 0 Å². The Bertz CT molecular complexity index is 326. The Morgan fingerprint density at radius 1 is 1.04 bits per heavy atom. The Labute approximate surface area is 143 Å². The second kappa shape index (κ2) is 13.7. The molecule has 0 fully saturated rings. The Morgan fingerprint density at radius 2 is 1.65 bits per heavy atom. The van der Waals surface area contributed by atoms with E-state index in [4.69, 9.17) is 0 Å². The summed E-state index contributed by atoms with van der Waals surface area (Å²) in [6, 6.07) is 0. The standard InChI is InChI=1S/C20H38N2O/c1-3-4-5-6-7-8-9-10-11-12-13-14-15-16-20-21-17-18-22(20)19(2)23/h8-9,17,19-20,23H,3-7,10-16,18H2,1-2H3/b9-8+. The van der Waals surface area contributed by atoms with Crippen LogP contribution in [0.5, 0.6) is 0 Å². The summed E-state index contributed by atoms with van der Waals surface area (Å²) in [5.74, 6) is 0. The zero-order chi connectivity index (χ0) is 16.8. The van der Waals surface area contributed by atoms with Gasteiger partial charge in [0, 0.05) is 12.8 Å². The number of allylic oxidation sites excluding steroid dienone is 2. The van der Waals surface area contributed by atoms with Gasteiger partial charge in [0.05, 0.1) is 0 Å². The third-order valence-electron chi connectivity index (χ3n) is 4.66. The van der Waals surface area contributed by atoms with Crippen LogP contribution in [0.3, 0.4) is 0 Å². The Kier molecular flexibility index (Phi) is 12.2. The molecule has 0 amide bonds. The molecular formula is C20H38N2O. The van der Waals surface area contributed by atoms with Crippen molar-refractivity contribution < 1.29 is 5.11 Å². The van der Waals surface area contributed by atoms with Crippen LogP contribution in [0.2, 0.25) is 0 Å². The van der Waals surface area contributed by atoms with Crippen LogP contribution < -0.4 is 0 Å². The highest BCUT2D eigenvalue weighted by Gasteiger charge is 2.23. The van der Waals surface area contributed by atoms with E-state index in [-0.39, 0.29) is 12.4 Å². The van der Waals surface area contributed by atoms with Gasteiger partial charge in [-0.05, 0) is 45.4 Å². The number of hydrogen-bond donors (Lipinski definition) is 1. The van der Waals surface area contributed by atoms with E-state index < -0.39 is 0 Å². The summed E-state index contributed by atoms with van der Waals surface area (Å²) in [5, 5.41) is 9.67. The summed E-state index contributed by atoms with van der Waals surface area (Å²) in [7, 11) is 0. The van der Waals surface area contributed by atoms with Gasteiger partial charge in [0.1, 0.15) is 12.4 Å². The maximum absolute atomic E-state index is 9.67. The van der Waals surface area contributed by atoms with Gasteiger partial charge in [-0.3, -0.25) is 9.89 Å². The molecule has 2 atom stereocenters.